The average molecular weight is 478 g/mol. The van der Waals surface area contributed by atoms with Gasteiger partial charge in [-0.25, -0.2) is 9.97 Å². The van der Waals surface area contributed by atoms with E-state index in [-0.39, 0.29) is 0 Å². The quantitative estimate of drug-likeness (QED) is 0.438. The molecule has 0 amide bonds. The van der Waals surface area contributed by atoms with Crippen LogP contribution < -0.4 is 25.8 Å². The summed E-state index contributed by atoms with van der Waals surface area (Å²) < 4.78 is 0. The lowest BCUT2D eigenvalue weighted by molar-refractivity contribution is 0.388. The number of nitrogens with one attached hydrogen (secondary N) is 3. The summed E-state index contributed by atoms with van der Waals surface area (Å²) in [7, 11) is 8.14. The molecule has 0 spiro atoms. The second-order valence-electron chi connectivity index (χ2n) is 9.42. The van der Waals surface area contributed by atoms with Crippen molar-refractivity contribution in [1.82, 2.24) is 15.3 Å². The predicted molar refractivity (Wildman–Crippen MR) is 148 cm³/mol. The van der Waals surface area contributed by atoms with E-state index in [4.69, 9.17) is 12.2 Å². The van der Waals surface area contributed by atoms with E-state index >= 15 is 0 Å². The molecule has 1 aromatic heterocycles. The van der Waals surface area contributed by atoms with E-state index in [0.29, 0.717) is 17.2 Å². The van der Waals surface area contributed by atoms with Crippen LogP contribution >= 0.6 is 12.2 Å². The van der Waals surface area contributed by atoms with Crippen molar-refractivity contribution < 1.29 is 0 Å². The summed E-state index contributed by atoms with van der Waals surface area (Å²) in [4.78, 5) is 13.2. The summed E-state index contributed by atoms with van der Waals surface area (Å²) in [6.45, 7) is 1.93. The molecule has 34 heavy (non-hydrogen) atoms. The minimum atomic E-state index is 0.370. The van der Waals surface area contributed by atoms with Gasteiger partial charge >= 0.3 is 0 Å². The molecule has 0 unspecified atom stereocenters. The van der Waals surface area contributed by atoms with Crippen molar-refractivity contribution in [3.05, 3.63) is 48.3 Å². The first-order chi connectivity index (χ1) is 16.3. The Bertz CT molecular complexity index is 1150. The number of hydrogen-bond donors (Lipinski definition) is 3. The second-order valence-corrected chi connectivity index (χ2v) is 9.82. The van der Waals surface area contributed by atoms with E-state index in [1.807, 2.05) is 32.0 Å². The van der Waals surface area contributed by atoms with Gasteiger partial charge in [-0.1, -0.05) is 24.3 Å². The smallest absolute Gasteiger partial charge is 0.171 e. The Balaban J connectivity index is 1.33. The Labute approximate surface area is 208 Å². The first-order valence-electron chi connectivity index (χ1n) is 11.9. The first-order valence-corrected chi connectivity index (χ1v) is 12.3. The molecule has 2 aromatic carbocycles. The van der Waals surface area contributed by atoms with Gasteiger partial charge in [-0.05, 0) is 57.0 Å². The monoisotopic (exact) mass is 477 g/mol. The lowest BCUT2D eigenvalue weighted by Crippen LogP contribution is -2.42. The summed E-state index contributed by atoms with van der Waals surface area (Å²) in [6, 6.07) is 15.5. The van der Waals surface area contributed by atoms with Gasteiger partial charge in [-0.2, -0.15) is 0 Å². The molecule has 1 heterocycles. The summed E-state index contributed by atoms with van der Waals surface area (Å²) >= 11 is 5.68. The molecule has 180 valence electrons. The van der Waals surface area contributed by atoms with Crippen molar-refractivity contribution in [2.24, 2.45) is 0 Å². The number of fused-ring (bicyclic) bond motifs is 1. The topological polar surface area (TPSA) is 68.4 Å². The fraction of sp³-hybridized carbons (Fsp3) is 0.423. The number of anilines is 4. The second kappa shape index (κ2) is 10.4. The molecular formula is C26H35N7S. The minimum absolute atomic E-state index is 0.370. The van der Waals surface area contributed by atoms with Crippen LogP contribution in [-0.4, -0.2) is 55.4 Å². The van der Waals surface area contributed by atoms with Crippen molar-refractivity contribution in [2.75, 3.05) is 48.6 Å². The third-order valence-corrected chi connectivity index (χ3v) is 6.55. The third-order valence-electron chi connectivity index (χ3n) is 6.33. The van der Waals surface area contributed by atoms with Crippen LogP contribution in [0.3, 0.4) is 0 Å². The largest absolute Gasteiger partial charge is 0.377 e. The molecule has 0 radical (unpaired) electrons. The molecule has 8 heteroatoms. The highest BCUT2D eigenvalue weighted by Crippen LogP contribution is 2.31. The highest BCUT2D eigenvalue weighted by Gasteiger charge is 2.22. The van der Waals surface area contributed by atoms with Gasteiger partial charge < -0.3 is 25.8 Å². The Kier molecular flexibility index (Phi) is 7.36. The van der Waals surface area contributed by atoms with Gasteiger partial charge in [-0.3, -0.25) is 0 Å². The van der Waals surface area contributed by atoms with Crippen LogP contribution in [0.15, 0.2) is 42.5 Å². The highest BCUT2D eigenvalue weighted by atomic mass is 32.1. The summed E-state index contributed by atoms with van der Waals surface area (Å²) in [5.74, 6) is 2.61. The molecule has 1 aliphatic rings. The van der Waals surface area contributed by atoms with E-state index < -0.39 is 0 Å². The van der Waals surface area contributed by atoms with Crippen LogP contribution in [0.5, 0.6) is 0 Å². The SMILES string of the molecule is Cc1nc(NC2CCC(NC(=S)Nc3ccc(N(C)C)c4ccccc34)CC2)cc(N(C)C)n1. The molecule has 3 N–H and O–H groups in total. The van der Waals surface area contributed by atoms with Crippen molar-refractivity contribution in [2.45, 2.75) is 44.7 Å². The number of hydrogen-bond acceptors (Lipinski definition) is 6. The molecule has 0 aliphatic heterocycles. The number of nitrogens with zero attached hydrogens (tertiary/aromatic N) is 4. The normalized spacial score (nSPS) is 17.8. The van der Waals surface area contributed by atoms with Crippen LogP contribution in [0.25, 0.3) is 10.8 Å². The fourth-order valence-corrected chi connectivity index (χ4v) is 4.85. The molecule has 0 atom stereocenters. The predicted octanol–water partition coefficient (Wildman–Crippen LogP) is 4.78. The third kappa shape index (κ3) is 5.67. The zero-order valence-electron chi connectivity index (χ0n) is 20.7. The zero-order chi connectivity index (χ0) is 24.2. The Hall–Kier alpha value is -3.13. The van der Waals surface area contributed by atoms with Crippen molar-refractivity contribution in [1.29, 1.82) is 0 Å². The van der Waals surface area contributed by atoms with Gasteiger partial charge in [0.2, 0.25) is 0 Å². The number of thiocarbonyl (C=S) groups is 1. The Morgan fingerprint density at radius 3 is 2.24 bits per heavy atom. The minimum Gasteiger partial charge on any atom is -0.377 e. The van der Waals surface area contributed by atoms with Crippen molar-refractivity contribution in [3.63, 3.8) is 0 Å². The van der Waals surface area contributed by atoms with E-state index in [0.717, 1.165) is 48.8 Å². The van der Waals surface area contributed by atoms with Gasteiger partial charge in [-0.15, -0.1) is 0 Å². The Morgan fingerprint density at radius 2 is 1.56 bits per heavy atom. The van der Waals surface area contributed by atoms with E-state index in [1.54, 1.807) is 0 Å². The molecule has 1 fully saturated rings. The van der Waals surface area contributed by atoms with Gasteiger partial charge in [0.05, 0.1) is 0 Å². The van der Waals surface area contributed by atoms with Crippen LogP contribution in [0.4, 0.5) is 23.0 Å². The van der Waals surface area contributed by atoms with E-state index in [9.17, 15) is 0 Å². The number of aromatic nitrogens is 2. The molecule has 7 nitrogen and oxygen atoms in total. The average Bonchev–Trinajstić information content (AvgIpc) is 2.80. The maximum absolute atomic E-state index is 5.68. The molecular weight excluding hydrogens is 442 g/mol. The maximum Gasteiger partial charge on any atom is 0.171 e. The molecule has 4 rings (SSSR count). The lowest BCUT2D eigenvalue weighted by Gasteiger charge is -2.31. The number of aryl methyl sites for hydroxylation is 1. The van der Waals surface area contributed by atoms with E-state index in [2.05, 4.69) is 81.3 Å². The van der Waals surface area contributed by atoms with Crippen molar-refractivity contribution >= 4 is 51.1 Å². The highest BCUT2D eigenvalue weighted by molar-refractivity contribution is 7.80. The Morgan fingerprint density at radius 1 is 0.882 bits per heavy atom. The summed E-state index contributed by atoms with van der Waals surface area (Å²) in [6.07, 6.45) is 4.26. The van der Waals surface area contributed by atoms with Gasteiger partial charge in [0, 0.05) is 68.5 Å². The van der Waals surface area contributed by atoms with Crippen LogP contribution in [0.1, 0.15) is 31.5 Å². The van der Waals surface area contributed by atoms with Crippen LogP contribution in [-0.2, 0) is 0 Å². The molecule has 0 bridgehead atoms. The molecule has 1 saturated carbocycles. The standard InChI is InChI=1S/C26H35N7S/c1-17-27-24(16-25(28-17)33(4)5)29-18-10-12-19(13-11-18)30-26(34)31-22-14-15-23(32(2)3)21-9-7-6-8-20(21)22/h6-9,14-16,18-19H,10-13H2,1-5H3,(H,27,28,29)(H2,30,31,34). The van der Waals surface area contributed by atoms with Crippen LogP contribution in [0.2, 0.25) is 0 Å². The fourth-order valence-electron chi connectivity index (χ4n) is 4.57. The maximum atomic E-state index is 5.68. The molecule has 3 aromatic rings. The molecule has 0 saturated heterocycles. The van der Waals surface area contributed by atoms with E-state index in [1.165, 1.54) is 16.5 Å². The number of benzene rings is 2. The van der Waals surface area contributed by atoms with Crippen molar-refractivity contribution in [3.8, 4) is 0 Å². The van der Waals surface area contributed by atoms with Gasteiger partial charge in [0.1, 0.15) is 17.5 Å². The zero-order valence-corrected chi connectivity index (χ0v) is 21.5. The molecule has 1 aliphatic carbocycles. The number of rotatable bonds is 6. The summed E-state index contributed by atoms with van der Waals surface area (Å²) in [5.41, 5.74) is 2.23. The lowest BCUT2D eigenvalue weighted by atomic mass is 9.91. The van der Waals surface area contributed by atoms with Gasteiger partial charge in [0.25, 0.3) is 0 Å². The first kappa shape index (κ1) is 24.0. The van der Waals surface area contributed by atoms with Crippen LogP contribution in [0, 0.1) is 6.92 Å². The van der Waals surface area contributed by atoms with Gasteiger partial charge in [0.15, 0.2) is 5.11 Å². The summed E-state index contributed by atoms with van der Waals surface area (Å²) in [5, 5.41) is 13.6.